The first-order chi connectivity index (χ1) is 16.9. The lowest BCUT2D eigenvalue weighted by Gasteiger charge is -2.36. The van der Waals surface area contributed by atoms with E-state index in [9.17, 15) is 4.79 Å². The number of anilines is 2. The summed E-state index contributed by atoms with van der Waals surface area (Å²) in [6, 6.07) is 20.8. The van der Waals surface area contributed by atoms with Crippen LogP contribution in [0.25, 0.3) is 0 Å². The van der Waals surface area contributed by atoms with Crippen molar-refractivity contribution in [3.05, 3.63) is 92.9 Å². The first kappa shape index (κ1) is 25.7. The van der Waals surface area contributed by atoms with Crippen LogP contribution in [0.15, 0.2) is 66.7 Å². The zero-order chi connectivity index (χ0) is 24.8. The normalized spacial score (nSPS) is 14.0. The molecule has 4 rings (SSSR count). The summed E-state index contributed by atoms with van der Waals surface area (Å²) in [4.78, 5) is 16.9. The van der Waals surface area contributed by atoms with Gasteiger partial charge in [-0.2, -0.15) is 0 Å². The Kier molecular flexibility index (Phi) is 8.87. The molecule has 3 aromatic carbocycles. The third-order valence-electron chi connectivity index (χ3n) is 5.80. The van der Waals surface area contributed by atoms with Crippen molar-refractivity contribution < 1.29 is 4.79 Å². The van der Waals surface area contributed by atoms with Gasteiger partial charge in [0.05, 0.1) is 17.1 Å². The Bertz CT molecular complexity index is 1200. The number of halogens is 3. The van der Waals surface area contributed by atoms with Crippen molar-refractivity contribution in [2.24, 2.45) is 0 Å². The number of hydrogen-bond acceptors (Lipinski definition) is 4. The molecule has 1 aliphatic rings. The number of nitrogens with zero attached hydrogens (tertiary/aromatic N) is 2. The minimum atomic E-state index is -0.206. The second-order valence-electron chi connectivity index (χ2n) is 8.33. The molecule has 1 saturated heterocycles. The molecule has 182 valence electrons. The van der Waals surface area contributed by atoms with E-state index in [1.54, 1.807) is 12.1 Å². The summed E-state index contributed by atoms with van der Waals surface area (Å²) in [5.74, 6) is -0.206. The molecule has 5 nitrogen and oxygen atoms in total. The van der Waals surface area contributed by atoms with Crippen LogP contribution in [0, 0.1) is 0 Å². The number of amides is 1. The monoisotopic (exact) mass is 546 g/mol. The quantitative estimate of drug-likeness (QED) is 0.369. The van der Waals surface area contributed by atoms with E-state index in [1.807, 2.05) is 48.5 Å². The van der Waals surface area contributed by atoms with E-state index in [2.05, 4.69) is 26.5 Å². The van der Waals surface area contributed by atoms with Crippen LogP contribution in [-0.4, -0.2) is 42.1 Å². The summed E-state index contributed by atoms with van der Waals surface area (Å²) >= 11 is 24.1. The van der Waals surface area contributed by atoms with Crippen LogP contribution < -0.4 is 15.5 Å². The van der Waals surface area contributed by atoms with E-state index >= 15 is 0 Å². The Balaban J connectivity index is 1.27. The van der Waals surface area contributed by atoms with Gasteiger partial charge in [0.15, 0.2) is 5.11 Å². The van der Waals surface area contributed by atoms with Gasteiger partial charge in [-0.25, -0.2) is 0 Å². The summed E-state index contributed by atoms with van der Waals surface area (Å²) in [6.45, 7) is 4.42. The molecule has 0 aromatic heterocycles. The van der Waals surface area contributed by atoms with Gasteiger partial charge in [-0.05, 0) is 59.7 Å². The predicted octanol–water partition coefficient (Wildman–Crippen LogP) is 6.02. The highest BCUT2D eigenvalue weighted by atomic mass is 35.5. The maximum atomic E-state index is 12.3. The highest BCUT2D eigenvalue weighted by molar-refractivity contribution is 7.80. The molecular weight excluding hydrogens is 523 g/mol. The number of carbonyl (C=O) groups excluding carboxylic acids is 1. The molecule has 3 aromatic rings. The number of thiocarbonyl (C=S) groups is 1. The van der Waals surface area contributed by atoms with Crippen LogP contribution in [-0.2, 0) is 17.8 Å². The van der Waals surface area contributed by atoms with Crippen molar-refractivity contribution >= 4 is 69.4 Å². The maximum Gasteiger partial charge on any atom is 0.230 e. The number of benzene rings is 3. The zero-order valence-corrected chi connectivity index (χ0v) is 22.0. The second-order valence-corrected chi connectivity index (χ2v) is 9.99. The van der Waals surface area contributed by atoms with E-state index in [0.717, 1.165) is 54.6 Å². The van der Waals surface area contributed by atoms with Crippen LogP contribution in [0.5, 0.6) is 0 Å². The first-order valence-corrected chi connectivity index (χ1v) is 12.8. The van der Waals surface area contributed by atoms with Crippen LogP contribution in [0.3, 0.4) is 0 Å². The number of rotatable bonds is 6. The minimum Gasteiger partial charge on any atom is -0.368 e. The predicted molar refractivity (Wildman–Crippen MR) is 150 cm³/mol. The Morgan fingerprint density at radius 2 is 1.60 bits per heavy atom. The molecule has 0 bridgehead atoms. The number of piperazine rings is 1. The molecule has 1 amide bonds. The summed E-state index contributed by atoms with van der Waals surface area (Å²) in [5.41, 5.74) is 3.70. The Morgan fingerprint density at radius 1 is 0.886 bits per heavy atom. The second kappa shape index (κ2) is 12.1. The van der Waals surface area contributed by atoms with Gasteiger partial charge in [-0.1, -0.05) is 65.1 Å². The summed E-state index contributed by atoms with van der Waals surface area (Å²) < 4.78 is 0. The van der Waals surface area contributed by atoms with Crippen molar-refractivity contribution in [3.8, 4) is 0 Å². The number of hydrogen-bond donors (Lipinski definition) is 2. The lowest BCUT2D eigenvalue weighted by atomic mass is 10.1. The van der Waals surface area contributed by atoms with Crippen LogP contribution >= 0.6 is 47.0 Å². The minimum absolute atomic E-state index is 0.206. The lowest BCUT2D eigenvalue weighted by molar-refractivity contribution is -0.119. The summed E-state index contributed by atoms with van der Waals surface area (Å²) in [5, 5.41) is 8.02. The van der Waals surface area contributed by atoms with E-state index in [4.69, 9.17) is 47.0 Å². The highest BCUT2D eigenvalue weighted by Gasteiger charge is 2.20. The van der Waals surface area contributed by atoms with Crippen molar-refractivity contribution in [1.29, 1.82) is 0 Å². The molecule has 1 heterocycles. The highest BCUT2D eigenvalue weighted by Crippen LogP contribution is 2.30. The van der Waals surface area contributed by atoms with E-state index in [0.29, 0.717) is 15.7 Å². The topological polar surface area (TPSA) is 47.6 Å². The SMILES string of the molecule is O=C(Cc1ccc(Cl)cc1)NC(=S)Nc1ccc(N2CCN(Cc3ccccc3Cl)CC2)c(Cl)c1. The van der Waals surface area contributed by atoms with Crippen molar-refractivity contribution in [1.82, 2.24) is 10.2 Å². The molecule has 1 aliphatic heterocycles. The van der Waals surface area contributed by atoms with E-state index < -0.39 is 0 Å². The van der Waals surface area contributed by atoms with Gasteiger partial charge < -0.3 is 15.5 Å². The average molecular weight is 548 g/mol. The molecule has 0 radical (unpaired) electrons. The molecule has 9 heteroatoms. The Morgan fingerprint density at radius 3 is 2.29 bits per heavy atom. The van der Waals surface area contributed by atoms with Crippen LogP contribution in [0.1, 0.15) is 11.1 Å². The van der Waals surface area contributed by atoms with Crippen LogP contribution in [0.4, 0.5) is 11.4 Å². The van der Waals surface area contributed by atoms with Gasteiger partial charge in [0.2, 0.25) is 5.91 Å². The molecule has 1 fully saturated rings. The van der Waals surface area contributed by atoms with Gasteiger partial charge >= 0.3 is 0 Å². The van der Waals surface area contributed by atoms with Crippen LogP contribution in [0.2, 0.25) is 15.1 Å². The molecular formula is C26H25Cl3N4OS. The first-order valence-electron chi connectivity index (χ1n) is 11.2. The van der Waals surface area contributed by atoms with Crippen molar-refractivity contribution in [3.63, 3.8) is 0 Å². The third-order valence-corrected chi connectivity index (χ3v) is 6.93. The fraction of sp³-hybridized carbons (Fsp3) is 0.231. The number of carbonyl (C=O) groups is 1. The average Bonchev–Trinajstić information content (AvgIpc) is 2.83. The third kappa shape index (κ3) is 7.32. The molecule has 35 heavy (non-hydrogen) atoms. The van der Waals surface area contributed by atoms with Gasteiger partial charge in [-0.3, -0.25) is 9.69 Å². The molecule has 0 saturated carbocycles. The lowest BCUT2D eigenvalue weighted by Crippen LogP contribution is -2.46. The molecule has 0 atom stereocenters. The standard InChI is InChI=1S/C26H25Cl3N4OS/c27-20-7-5-18(6-8-20)15-25(34)31-26(35)30-21-9-10-24(23(29)16-21)33-13-11-32(12-14-33)17-19-3-1-2-4-22(19)28/h1-10,16H,11-15,17H2,(H2,30,31,34,35). The molecule has 2 N–H and O–H groups in total. The van der Waals surface area contributed by atoms with Gasteiger partial charge in [0, 0.05) is 48.5 Å². The summed E-state index contributed by atoms with van der Waals surface area (Å²) in [6.07, 6.45) is 0.209. The Hall–Kier alpha value is -2.35. The smallest absolute Gasteiger partial charge is 0.230 e. The van der Waals surface area contributed by atoms with Gasteiger partial charge in [0.25, 0.3) is 0 Å². The fourth-order valence-corrected chi connectivity index (χ4v) is 4.83. The van der Waals surface area contributed by atoms with E-state index in [-0.39, 0.29) is 17.4 Å². The van der Waals surface area contributed by atoms with Crippen molar-refractivity contribution in [2.75, 3.05) is 36.4 Å². The summed E-state index contributed by atoms with van der Waals surface area (Å²) in [7, 11) is 0. The Labute approximate surface area is 226 Å². The molecule has 0 aliphatic carbocycles. The fourth-order valence-electron chi connectivity index (χ4n) is 3.98. The number of nitrogens with one attached hydrogen (secondary N) is 2. The maximum absolute atomic E-state index is 12.3. The molecule has 0 unspecified atom stereocenters. The van der Waals surface area contributed by atoms with Gasteiger partial charge in [0.1, 0.15) is 0 Å². The van der Waals surface area contributed by atoms with E-state index in [1.165, 1.54) is 0 Å². The van der Waals surface area contributed by atoms with Gasteiger partial charge in [-0.15, -0.1) is 0 Å². The largest absolute Gasteiger partial charge is 0.368 e. The molecule has 0 spiro atoms. The zero-order valence-electron chi connectivity index (χ0n) is 18.9. The van der Waals surface area contributed by atoms with Crippen molar-refractivity contribution in [2.45, 2.75) is 13.0 Å².